The molecule has 2 saturated heterocycles. The zero-order chi connectivity index (χ0) is 45.9. The van der Waals surface area contributed by atoms with Crippen molar-refractivity contribution in [2.45, 2.75) is 58.8 Å². The zero-order valence-electron chi connectivity index (χ0n) is 37.4. The predicted molar refractivity (Wildman–Crippen MR) is 239 cm³/mol. The summed E-state index contributed by atoms with van der Waals surface area (Å²) in [4.78, 5) is 71.8. The van der Waals surface area contributed by atoms with Crippen LogP contribution in [-0.4, -0.2) is 162 Å². The van der Waals surface area contributed by atoms with Gasteiger partial charge in [-0.25, -0.2) is 9.97 Å². The lowest BCUT2D eigenvalue weighted by molar-refractivity contribution is -0.144. The number of aliphatic hydroxyl groups excluding tert-OH is 1. The first-order valence-corrected chi connectivity index (χ1v) is 22.0. The summed E-state index contributed by atoms with van der Waals surface area (Å²) >= 11 is 0. The number of aromatic nitrogens is 4. The fraction of sp³-hybridized carbons (Fsp3) is 0.500. The minimum atomic E-state index is -0.979. The number of hydrogen-bond acceptors (Lipinski definition) is 14. The molecule has 0 bridgehead atoms. The number of piperazine rings is 1. The Kier molecular flexibility index (Phi) is 15.8. The molecule has 4 amide bonds. The van der Waals surface area contributed by atoms with E-state index in [1.807, 2.05) is 92.9 Å². The van der Waals surface area contributed by atoms with E-state index in [9.17, 15) is 24.3 Å². The predicted octanol–water partition coefficient (Wildman–Crippen LogP) is 2.37. The second-order valence-corrected chi connectivity index (χ2v) is 17.2. The first-order chi connectivity index (χ1) is 31.4. The van der Waals surface area contributed by atoms with Crippen LogP contribution in [-0.2, 0) is 44.7 Å². The van der Waals surface area contributed by atoms with Crippen LogP contribution in [0.15, 0.2) is 71.6 Å². The Morgan fingerprint density at radius 1 is 0.862 bits per heavy atom. The average molecular weight is 898 g/mol. The number of likely N-dealkylation sites (tertiary alicyclic amines) is 1. The van der Waals surface area contributed by atoms with Crippen LogP contribution in [0.3, 0.4) is 0 Å². The summed E-state index contributed by atoms with van der Waals surface area (Å²) in [6.45, 7) is 11.2. The first-order valence-electron chi connectivity index (χ1n) is 22.0. The van der Waals surface area contributed by atoms with Crippen LogP contribution < -0.4 is 15.5 Å². The molecule has 5 heterocycles. The summed E-state index contributed by atoms with van der Waals surface area (Å²) in [5.41, 5.74) is 3.68. The number of nitrogens with zero attached hydrogens (tertiary/aromatic N) is 7. The number of aliphatic hydroxyl groups is 1. The van der Waals surface area contributed by atoms with Crippen molar-refractivity contribution >= 4 is 46.3 Å². The fourth-order valence-corrected chi connectivity index (χ4v) is 7.86. The monoisotopic (exact) mass is 897 g/mol. The number of aryl methyl sites for hydroxylation is 1. The van der Waals surface area contributed by atoms with Crippen LogP contribution in [0.5, 0.6) is 0 Å². The third-order valence-corrected chi connectivity index (χ3v) is 11.4. The molecule has 1 unspecified atom stereocenters. The molecule has 65 heavy (non-hydrogen) atoms. The Balaban J connectivity index is 0.725. The number of benzene rings is 2. The van der Waals surface area contributed by atoms with Crippen molar-refractivity contribution in [1.29, 1.82) is 0 Å². The van der Waals surface area contributed by atoms with Crippen molar-refractivity contribution in [1.82, 2.24) is 39.8 Å². The highest BCUT2D eigenvalue weighted by molar-refractivity contribution is 5.93. The van der Waals surface area contributed by atoms with Crippen LogP contribution >= 0.6 is 0 Å². The van der Waals surface area contributed by atoms with E-state index >= 15 is 0 Å². The van der Waals surface area contributed by atoms with Crippen molar-refractivity contribution in [3.05, 3.63) is 78.4 Å². The lowest BCUT2D eigenvalue weighted by Gasteiger charge is -2.35. The largest absolute Gasteiger partial charge is 0.443 e. The van der Waals surface area contributed by atoms with E-state index < -0.39 is 41.3 Å². The molecule has 19 nitrogen and oxygen atoms in total. The lowest BCUT2D eigenvalue weighted by atomic mass is 9.85. The van der Waals surface area contributed by atoms with Gasteiger partial charge >= 0.3 is 0 Å². The van der Waals surface area contributed by atoms with Crippen LogP contribution in [0.1, 0.15) is 38.4 Å². The third kappa shape index (κ3) is 12.2. The molecule has 348 valence electrons. The molecule has 19 heteroatoms. The minimum Gasteiger partial charge on any atom is -0.443 e. The molecule has 3 aromatic heterocycles. The number of ether oxygens (including phenoxy) is 4. The molecule has 0 spiro atoms. The van der Waals surface area contributed by atoms with Gasteiger partial charge in [-0.15, -0.1) is 0 Å². The van der Waals surface area contributed by atoms with E-state index in [1.54, 1.807) is 4.90 Å². The van der Waals surface area contributed by atoms with Gasteiger partial charge in [-0.05, 0) is 36.1 Å². The molecule has 3 atom stereocenters. The Morgan fingerprint density at radius 3 is 2.22 bits per heavy atom. The number of fused-ring (bicyclic) bond motifs is 3. The highest BCUT2D eigenvalue weighted by atomic mass is 16.6. The second kappa shape index (κ2) is 21.8. The van der Waals surface area contributed by atoms with Crippen LogP contribution in [0.25, 0.3) is 28.1 Å². The summed E-state index contributed by atoms with van der Waals surface area (Å²) in [7, 11) is 0. The van der Waals surface area contributed by atoms with Crippen LogP contribution in [0, 0.1) is 12.3 Å². The molecule has 7 rings (SSSR count). The Hall–Kier alpha value is -5.99. The standard InChI is InChI=1S/C46H59N9O10/c1-31-41(65-30-48-31)33-11-9-32(10-12-33)26-47-43(59)37-25-34(56)27-55(37)44(60)42(46(2,3)4)51-39(57)28-63-23-21-61-19-20-62-22-24-64-29-40(58)53-17-15-52(16-18-53)38-13-14-54-36-8-6-5-7-35(36)49-45(54)50-38/h5-14,30,34,37,42,56H,15-29H2,1-4H3,(H,47,59)(H,51,57)/t34-,37+,42?/m1/s1. The van der Waals surface area contributed by atoms with E-state index in [4.69, 9.17) is 28.3 Å². The molecular weight excluding hydrogens is 839 g/mol. The van der Waals surface area contributed by atoms with E-state index in [-0.39, 0.29) is 58.5 Å². The molecule has 2 aromatic carbocycles. The molecule has 2 aliphatic rings. The van der Waals surface area contributed by atoms with Gasteiger partial charge in [0.25, 0.3) is 0 Å². The molecule has 0 saturated carbocycles. The molecule has 0 aliphatic carbocycles. The third-order valence-electron chi connectivity index (χ3n) is 11.4. The number of carbonyl (C=O) groups excluding carboxylic acids is 4. The van der Waals surface area contributed by atoms with Gasteiger partial charge in [0.05, 0.1) is 62.5 Å². The number of amides is 4. The van der Waals surface area contributed by atoms with Gasteiger partial charge in [0, 0.05) is 57.4 Å². The highest BCUT2D eigenvalue weighted by Crippen LogP contribution is 2.27. The summed E-state index contributed by atoms with van der Waals surface area (Å²) in [6.07, 6.45) is 2.57. The van der Waals surface area contributed by atoms with Crippen molar-refractivity contribution in [2.75, 3.05) is 90.5 Å². The number of para-hydroxylation sites is 2. The number of carbonyl (C=O) groups is 4. The molecule has 2 fully saturated rings. The number of hydrogen-bond donors (Lipinski definition) is 3. The van der Waals surface area contributed by atoms with Gasteiger partial charge < -0.3 is 53.8 Å². The number of β-amino-alcohol motifs (C(OH)–C–C–N with tert-alkyl or cyclic N) is 1. The highest BCUT2D eigenvalue weighted by Gasteiger charge is 2.44. The van der Waals surface area contributed by atoms with Crippen molar-refractivity contribution in [3.8, 4) is 11.3 Å². The maximum Gasteiger partial charge on any atom is 0.248 e. The number of rotatable bonds is 20. The number of nitrogens with one attached hydrogen (secondary N) is 2. The normalized spacial score (nSPS) is 17.2. The topological polar surface area (TPSA) is 215 Å². The molecule has 3 N–H and O–H groups in total. The van der Waals surface area contributed by atoms with Gasteiger partial charge in [-0.2, -0.15) is 4.98 Å². The van der Waals surface area contributed by atoms with Gasteiger partial charge in [0.2, 0.25) is 29.4 Å². The van der Waals surface area contributed by atoms with E-state index in [2.05, 4.69) is 25.5 Å². The van der Waals surface area contributed by atoms with E-state index in [1.165, 1.54) is 11.3 Å². The minimum absolute atomic E-state index is 0.0252. The van der Waals surface area contributed by atoms with Gasteiger partial charge in [0.1, 0.15) is 31.1 Å². The maximum absolute atomic E-state index is 13.9. The average Bonchev–Trinajstić information content (AvgIpc) is 4.03. The quantitative estimate of drug-likeness (QED) is 0.0958. The van der Waals surface area contributed by atoms with Crippen LogP contribution in [0.2, 0.25) is 0 Å². The number of oxazole rings is 1. The molecule has 0 radical (unpaired) electrons. The SMILES string of the molecule is Cc1ncoc1-c1ccc(CNC(=O)[C@@H]2C[C@@H](O)CN2C(=O)C(NC(=O)COCCOCCOCCOCC(=O)N2CCN(c3ccn4c(n3)nc3ccccc34)CC2)C(C)(C)C)cc1. The molecule has 5 aromatic rings. The number of imidazole rings is 1. The first kappa shape index (κ1) is 47.0. The summed E-state index contributed by atoms with van der Waals surface area (Å²) in [6, 6.07) is 15.5. The van der Waals surface area contributed by atoms with Crippen molar-refractivity contribution in [3.63, 3.8) is 0 Å². The van der Waals surface area contributed by atoms with Gasteiger partial charge in [0.15, 0.2) is 12.2 Å². The summed E-state index contributed by atoms with van der Waals surface area (Å²) < 4.78 is 29.6. The van der Waals surface area contributed by atoms with E-state index in [0.717, 1.165) is 33.7 Å². The van der Waals surface area contributed by atoms with Gasteiger partial charge in [-0.1, -0.05) is 57.2 Å². The summed E-state index contributed by atoms with van der Waals surface area (Å²) in [5, 5.41) is 16.2. The number of anilines is 1. The van der Waals surface area contributed by atoms with Crippen LogP contribution in [0.4, 0.5) is 5.82 Å². The Labute approximate surface area is 377 Å². The Morgan fingerprint density at radius 2 is 1.54 bits per heavy atom. The molecule has 2 aliphatic heterocycles. The second-order valence-electron chi connectivity index (χ2n) is 17.2. The van der Waals surface area contributed by atoms with Crippen molar-refractivity contribution < 1.29 is 47.6 Å². The molecular formula is C46H59N9O10. The Bertz CT molecular complexity index is 2390. The van der Waals surface area contributed by atoms with Gasteiger partial charge in [-0.3, -0.25) is 23.6 Å². The lowest BCUT2D eigenvalue weighted by Crippen LogP contribution is -2.58. The smallest absolute Gasteiger partial charge is 0.248 e. The van der Waals surface area contributed by atoms with E-state index in [0.29, 0.717) is 57.5 Å². The van der Waals surface area contributed by atoms with Crippen molar-refractivity contribution in [2.24, 2.45) is 5.41 Å². The fourth-order valence-electron chi connectivity index (χ4n) is 7.86. The zero-order valence-corrected chi connectivity index (χ0v) is 37.4. The maximum atomic E-state index is 13.9. The summed E-state index contributed by atoms with van der Waals surface area (Å²) in [5.74, 6) is 0.735.